The van der Waals surface area contributed by atoms with Gasteiger partial charge in [-0.1, -0.05) is 0 Å². The fourth-order valence-electron chi connectivity index (χ4n) is 0.933. The number of carbonyl (C=O) groups is 1. The molecular weight excluding hydrogens is 156 g/mol. The van der Waals surface area contributed by atoms with Crippen LogP contribution in [0.15, 0.2) is 12.1 Å². The highest BCUT2D eigenvalue weighted by Gasteiger charge is 2.11. The van der Waals surface area contributed by atoms with Gasteiger partial charge in [0, 0.05) is 7.05 Å². The highest BCUT2D eigenvalue weighted by molar-refractivity contribution is 5.87. The van der Waals surface area contributed by atoms with Gasteiger partial charge in [-0.05, 0) is 12.1 Å². The van der Waals surface area contributed by atoms with E-state index in [4.69, 9.17) is 5.26 Å². The molecule has 0 bridgehead atoms. The van der Waals surface area contributed by atoms with Crippen LogP contribution in [0.3, 0.4) is 0 Å². The topological polar surface area (TPSA) is 55.0 Å². The van der Waals surface area contributed by atoms with Gasteiger partial charge >= 0.3 is 5.97 Å². The van der Waals surface area contributed by atoms with E-state index in [1.54, 1.807) is 19.2 Å². The highest BCUT2D eigenvalue weighted by atomic mass is 16.5. The third-order valence-electron chi connectivity index (χ3n) is 1.63. The van der Waals surface area contributed by atoms with E-state index in [0.717, 1.165) is 0 Å². The van der Waals surface area contributed by atoms with Crippen LogP contribution in [-0.2, 0) is 11.8 Å². The molecule has 0 N–H and O–H groups in total. The lowest BCUT2D eigenvalue weighted by molar-refractivity contribution is 0.0590. The number of nitriles is 1. The van der Waals surface area contributed by atoms with Crippen LogP contribution in [0.1, 0.15) is 16.2 Å². The van der Waals surface area contributed by atoms with Crippen molar-refractivity contribution in [3.63, 3.8) is 0 Å². The van der Waals surface area contributed by atoms with E-state index in [9.17, 15) is 4.79 Å². The van der Waals surface area contributed by atoms with Crippen molar-refractivity contribution < 1.29 is 9.53 Å². The maximum Gasteiger partial charge on any atom is 0.354 e. The number of ether oxygens (including phenoxy) is 1. The van der Waals surface area contributed by atoms with Crippen molar-refractivity contribution in [2.45, 2.75) is 0 Å². The van der Waals surface area contributed by atoms with Crippen LogP contribution in [0.4, 0.5) is 0 Å². The minimum absolute atomic E-state index is 0.383. The zero-order valence-corrected chi connectivity index (χ0v) is 6.87. The maximum atomic E-state index is 11.0. The lowest BCUT2D eigenvalue weighted by atomic mass is 10.4. The summed E-state index contributed by atoms with van der Waals surface area (Å²) in [7, 11) is 2.95. The highest BCUT2D eigenvalue weighted by Crippen LogP contribution is 2.06. The molecule has 0 aliphatic heterocycles. The van der Waals surface area contributed by atoms with E-state index in [2.05, 4.69) is 4.74 Å². The van der Waals surface area contributed by atoms with Crippen molar-refractivity contribution in [3.05, 3.63) is 23.5 Å². The van der Waals surface area contributed by atoms with Crippen molar-refractivity contribution in [2.24, 2.45) is 7.05 Å². The quantitative estimate of drug-likeness (QED) is 0.573. The van der Waals surface area contributed by atoms with E-state index in [0.29, 0.717) is 11.4 Å². The first-order valence-corrected chi connectivity index (χ1v) is 3.35. The first-order chi connectivity index (χ1) is 5.70. The Balaban J connectivity index is 3.12. The average Bonchev–Trinajstić information content (AvgIpc) is 2.45. The molecule has 4 nitrogen and oxygen atoms in total. The van der Waals surface area contributed by atoms with E-state index in [-0.39, 0.29) is 0 Å². The fraction of sp³-hybridized carbons (Fsp3) is 0.250. The number of esters is 1. The first kappa shape index (κ1) is 8.34. The van der Waals surface area contributed by atoms with E-state index in [1.807, 2.05) is 6.07 Å². The Bertz CT molecular complexity index is 346. The Morgan fingerprint density at radius 3 is 2.75 bits per heavy atom. The second-order valence-corrected chi connectivity index (χ2v) is 2.27. The van der Waals surface area contributed by atoms with E-state index < -0.39 is 5.97 Å². The molecule has 1 aromatic heterocycles. The molecule has 1 aromatic rings. The molecule has 0 aliphatic carbocycles. The minimum atomic E-state index is -0.431. The van der Waals surface area contributed by atoms with Crippen LogP contribution in [-0.4, -0.2) is 17.6 Å². The summed E-state index contributed by atoms with van der Waals surface area (Å²) in [4.78, 5) is 11.0. The third-order valence-corrected chi connectivity index (χ3v) is 1.63. The summed E-state index contributed by atoms with van der Waals surface area (Å²) in [6.07, 6.45) is 0. The predicted molar refractivity (Wildman–Crippen MR) is 41.5 cm³/mol. The standard InChI is InChI=1S/C8H8N2O2/c1-10-6(5-9)3-4-7(10)8(11)12-2/h3-4H,1-2H3. The van der Waals surface area contributed by atoms with Gasteiger partial charge in [-0.3, -0.25) is 0 Å². The van der Waals surface area contributed by atoms with Gasteiger partial charge in [0.25, 0.3) is 0 Å². The Labute approximate surface area is 70.0 Å². The lowest BCUT2D eigenvalue weighted by Crippen LogP contribution is -2.08. The summed E-state index contributed by atoms with van der Waals surface area (Å²) in [5, 5.41) is 8.56. The van der Waals surface area contributed by atoms with Crippen molar-refractivity contribution in [3.8, 4) is 6.07 Å². The van der Waals surface area contributed by atoms with Crippen LogP contribution in [0, 0.1) is 11.3 Å². The predicted octanol–water partition coefficient (Wildman–Crippen LogP) is 0.683. The number of hydrogen-bond donors (Lipinski definition) is 0. The molecule has 1 heterocycles. The number of hydrogen-bond acceptors (Lipinski definition) is 3. The summed E-state index contributed by atoms with van der Waals surface area (Å²) >= 11 is 0. The molecule has 0 aromatic carbocycles. The molecule has 0 saturated heterocycles. The number of rotatable bonds is 1. The third kappa shape index (κ3) is 1.17. The smallest absolute Gasteiger partial charge is 0.354 e. The van der Waals surface area contributed by atoms with Gasteiger partial charge in [0.15, 0.2) is 0 Å². The van der Waals surface area contributed by atoms with Gasteiger partial charge in [0.05, 0.1) is 7.11 Å². The van der Waals surface area contributed by atoms with Crippen LogP contribution in [0.2, 0.25) is 0 Å². The van der Waals surface area contributed by atoms with Crippen molar-refractivity contribution in [1.29, 1.82) is 5.26 Å². The summed E-state index contributed by atoms with van der Waals surface area (Å²) in [6, 6.07) is 5.09. The van der Waals surface area contributed by atoms with Gasteiger partial charge in [0.2, 0.25) is 0 Å². The second kappa shape index (κ2) is 3.09. The Morgan fingerprint density at radius 1 is 1.67 bits per heavy atom. The molecule has 0 radical (unpaired) electrons. The SMILES string of the molecule is COC(=O)c1ccc(C#N)n1C. The molecule has 4 heteroatoms. The summed E-state index contributed by atoms with van der Waals surface area (Å²) in [6.45, 7) is 0. The average molecular weight is 164 g/mol. The summed E-state index contributed by atoms with van der Waals surface area (Å²) in [5.41, 5.74) is 0.824. The van der Waals surface area contributed by atoms with Crippen LogP contribution < -0.4 is 0 Å². The maximum absolute atomic E-state index is 11.0. The van der Waals surface area contributed by atoms with E-state index in [1.165, 1.54) is 11.7 Å². The van der Waals surface area contributed by atoms with Gasteiger partial charge in [-0.25, -0.2) is 4.79 Å². The van der Waals surface area contributed by atoms with Crippen molar-refractivity contribution >= 4 is 5.97 Å². The molecule has 0 fully saturated rings. The molecule has 0 aliphatic rings. The van der Waals surface area contributed by atoms with Gasteiger partial charge < -0.3 is 9.30 Å². The molecule has 0 spiro atoms. The molecule has 0 unspecified atom stereocenters. The molecule has 1 rings (SSSR count). The second-order valence-electron chi connectivity index (χ2n) is 2.27. The fourth-order valence-corrected chi connectivity index (χ4v) is 0.933. The summed E-state index contributed by atoms with van der Waals surface area (Å²) < 4.78 is 6.00. The minimum Gasteiger partial charge on any atom is -0.464 e. The molecule has 0 saturated carbocycles. The number of carbonyl (C=O) groups excluding carboxylic acids is 1. The normalized spacial score (nSPS) is 9.08. The van der Waals surface area contributed by atoms with Crippen LogP contribution in [0.5, 0.6) is 0 Å². The van der Waals surface area contributed by atoms with Crippen molar-refractivity contribution in [2.75, 3.05) is 7.11 Å². The monoisotopic (exact) mass is 164 g/mol. The van der Waals surface area contributed by atoms with Crippen molar-refractivity contribution in [1.82, 2.24) is 4.57 Å². The Kier molecular flexibility index (Phi) is 2.15. The van der Waals surface area contributed by atoms with Crippen LogP contribution in [0.25, 0.3) is 0 Å². The largest absolute Gasteiger partial charge is 0.464 e. The molecule has 0 amide bonds. The lowest BCUT2D eigenvalue weighted by Gasteiger charge is -2.00. The molecule has 0 atom stereocenters. The zero-order valence-electron chi connectivity index (χ0n) is 6.87. The summed E-state index contributed by atoms with van der Waals surface area (Å²) in [5.74, 6) is -0.431. The zero-order chi connectivity index (χ0) is 9.14. The van der Waals surface area contributed by atoms with Crippen LogP contribution >= 0.6 is 0 Å². The molecular formula is C8H8N2O2. The Morgan fingerprint density at radius 2 is 2.33 bits per heavy atom. The van der Waals surface area contributed by atoms with Gasteiger partial charge in [-0.15, -0.1) is 0 Å². The first-order valence-electron chi connectivity index (χ1n) is 3.35. The van der Waals surface area contributed by atoms with E-state index >= 15 is 0 Å². The van der Waals surface area contributed by atoms with Gasteiger partial charge in [-0.2, -0.15) is 5.26 Å². The number of nitrogens with zero attached hydrogens (tertiary/aromatic N) is 2. The van der Waals surface area contributed by atoms with Gasteiger partial charge in [0.1, 0.15) is 17.5 Å². The number of methoxy groups -OCH3 is 1. The Hall–Kier alpha value is -1.76. The molecule has 12 heavy (non-hydrogen) atoms. The molecule has 62 valence electrons. The number of aromatic nitrogens is 1.